The van der Waals surface area contributed by atoms with E-state index >= 15 is 0 Å². The summed E-state index contributed by atoms with van der Waals surface area (Å²) >= 11 is 12.3. The zero-order valence-electron chi connectivity index (χ0n) is 14.3. The fraction of sp³-hybridized carbons (Fsp3) is 0.333. The molecule has 1 saturated carbocycles. The van der Waals surface area contributed by atoms with E-state index in [-0.39, 0.29) is 22.2 Å². The number of carbonyl (C=O) groups is 1. The zero-order valence-corrected chi connectivity index (χ0v) is 16.6. The van der Waals surface area contributed by atoms with E-state index in [2.05, 4.69) is 10.3 Å². The fourth-order valence-corrected chi connectivity index (χ4v) is 5.11. The van der Waals surface area contributed by atoms with Gasteiger partial charge in [0, 0.05) is 23.5 Å². The molecule has 2 heterocycles. The van der Waals surface area contributed by atoms with Crippen LogP contribution in [-0.2, 0) is 10.0 Å². The summed E-state index contributed by atoms with van der Waals surface area (Å²) in [6, 6.07) is 6.90. The maximum absolute atomic E-state index is 12.7. The lowest BCUT2D eigenvalue weighted by molar-refractivity contribution is 0.102. The lowest BCUT2D eigenvalue weighted by Gasteiger charge is -2.17. The van der Waals surface area contributed by atoms with E-state index in [0.717, 1.165) is 18.4 Å². The largest absolute Gasteiger partial charge is 0.322 e. The van der Waals surface area contributed by atoms with Crippen LogP contribution in [0.2, 0.25) is 10.0 Å². The number of amides is 1. The molecule has 27 heavy (non-hydrogen) atoms. The maximum atomic E-state index is 12.7. The summed E-state index contributed by atoms with van der Waals surface area (Å²) in [7, 11) is -3.39. The van der Waals surface area contributed by atoms with Gasteiger partial charge in [-0.3, -0.25) is 9.10 Å². The van der Waals surface area contributed by atoms with Crippen molar-refractivity contribution in [3.63, 3.8) is 0 Å². The van der Waals surface area contributed by atoms with Crippen molar-refractivity contribution in [2.24, 2.45) is 0 Å². The second-order valence-corrected chi connectivity index (χ2v) is 9.62. The lowest BCUT2D eigenvalue weighted by Crippen LogP contribution is -2.26. The third kappa shape index (κ3) is 3.90. The van der Waals surface area contributed by atoms with Crippen molar-refractivity contribution in [1.29, 1.82) is 0 Å². The molecule has 2 fully saturated rings. The Bertz CT molecular complexity index is 1020. The average molecular weight is 426 g/mol. The number of nitrogens with one attached hydrogen (secondary N) is 1. The number of hydrogen-bond acceptors (Lipinski definition) is 4. The average Bonchev–Trinajstić information content (AvgIpc) is 3.38. The highest BCUT2D eigenvalue weighted by atomic mass is 35.5. The Morgan fingerprint density at radius 3 is 2.63 bits per heavy atom. The van der Waals surface area contributed by atoms with Crippen LogP contribution in [0.3, 0.4) is 0 Å². The maximum Gasteiger partial charge on any atom is 0.257 e. The number of pyridine rings is 1. The number of sulfonamides is 1. The summed E-state index contributed by atoms with van der Waals surface area (Å²) in [5, 5.41) is 3.50. The van der Waals surface area contributed by atoms with Gasteiger partial charge >= 0.3 is 0 Å². The van der Waals surface area contributed by atoms with Crippen molar-refractivity contribution < 1.29 is 13.2 Å². The number of rotatable bonds is 4. The van der Waals surface area contributed by atoms with Gasteiger partial charge in [0.1, 0.15) is 5.82 Å². The first-order valence-electron chi connectivity index (χ1n) is 8.61. The fourth-order valence-electron chi connectivity index (χ4n) is 3.17. The lowest BCUT2D eigenvalue weighted by atomic mass is 10.1. The predicted molar refractivity (Wildman–Crippen MR) is 106 cm³/mol. The standard InChI is InChI=1S/C18H17Cl2N3O3S/c19-13-6-12(11-2-3-11)7-14(8-13)22-18(24)15-9-17(21-10-16(15)20)23-4-1-5-27(23,25)26/h6-11H,1-5H2,(H,22,24). The minimum atomic E-state index is -3.39. The molecule has 0 atom stereocenters. The molecule has 1 saturated heterocycles. The molecule has 9 heteroatoms. The Kier molecular flexibility index (Phi) is 4.78. The SMILES string of the molecule is O=C(Nc1cc(Cl)cc(C2CC2)c1)c1cc(N2CCCS2(=O)=O)ncc1Cl. The number of hydrogen-bond donors (Lipinski definition) is 1. The van der Waals surface area contributed by atoms with Crippen molar-refractivity contribution >= 4 is 50.6 Å². The molecular formula is C18H17Cl2N3O3S. The van der Waals surface area contributed by atoms with Crippen LogP contribution >= 0.6 is 23.2 Å². The van der Waals surface area contributed by atoms with Crippen molar-refractivity contribution in [1.82, 2.24) is 4.98 Å². The predicted octanol–water partition coefficient (Wildman–Crippen LogP) is 4.06. The van der Waals surface area contributed by atoms with Gasteiger partial charge in [-0.15, -0.1) is 0 Å². The number of aromatic nitrogens is 1. The molecule has 1 aliphatic carbocycles. The van der Waals surface area contributed by atoms with E-state index in [1.165, 1.54) is 16.6 Å². The van der Waals surface area contributed by atoms with E-state index in [0.29, 0.717) is 29.6 Å². The second kappa shape index (κ2) is 6.96. The molecular weight excluding hydrogens is 409 g/mol. The minimum Gasteiger partial charge on any atom is -0.322 e. The highest BCUT2D eigenvalue weighted by Gasteiger charge is 2.30. The van der Waals surface area contributed by atoms with Gasteiger partial charge in [0.05, 0.1) is 16.3 Å². The summed E-state index contributed by atoms with van der Waals surface area (Å²) in [6.07, 6.45) is 4.07. The molecule has 142 valence electrons. The first-order chi connectivity index (χ1) is 12.8. The third-order valence-corrected chi connectivity index (χ3v) is 7.03. The molecule has 6 nitrogen and oxygen atoms in total. The highest BCUT2D eigenvalue weighted by Crippen LogP contribution is 2.42. The third-order valence-electron chi connectivity index (χ3n) is 4.67. The quantitative estimate of drug-likeness (QED) is 0.800. The van der Waals surface area contributed by atoms with E-state index in [4.69, 9.17) is 23.2 Å². The molecule has 2 aromatic rings. The summed E-state index contributed by atoms with van der Waals surface area (Å²) < 4.78 is 25.4. The number of halogens is 2. The van der Waals surface area contributed by atoms with Gasteiger partial charge in [-0.1, -0.05) is 23.2 Å². The molecule has 1 aromatic heterocycles. The summed E-state index contributed by atoms with van der Waals surface area (Å²) in [5.41, 5.74) is 1.84. The number of benzene rings is 1. The first kappa shape index (κ1) is 18.5. The molecule has 0 bridgehead atoms. The Hall–Kier alpha value is -1.83. The van der Waals surface area contributed by atoms with Crippen LogP contribution < -0.4 is 9.62 Å². The van der Waals surface area contributed by atoms with Gasteiger partial charge in [0.2, 0.25) is 10.0 Å². The molecule has 1 amide bonds. The number of anilines is 2. The molecule has 4 rings (SSSR count). The Labute approximate surface area is 167 Å². The van der Waals surface area contributed by atoms with Crippen LogP contribution in [-0.4, -0.2) is 31.6 Å². The highest BCUT2D eigenvalue weighted by molar-refractivity contribution is 7.93. The van der Waals surface area contributed by atoms with Crippen LogP contribution in [0, 0.1) is 0 Å². The molecule has 1 aromatic carbocycles. The van der Waals surface area contributed by atoms with Crippen molar-refractivity contribution in [3.8, 4) is 0 Å². The van der Waals surface area contributed by atoms with Crippen molar-refractivity contribution in [2.45, 2.75) is 25.2 Å². The normalized spacial score (nSPS) is 18.5. The Morgan fingerprint density at radius 1 is 1.19 bits per heavy atom. The van der Waals surface area contributed by atoms with Crippen LogP contribution in [0.1, 0.15) is 41.1 Å². The zero-order chi connectivity index (χ0) is 19.2. The van der Waals surface area contributed by atoms with Crippen molar-refractivity contribution in [2.75, 3.05) is 21.9 Å². The van der Waals surface area contributed by atoms with Crippen LogP contribution in [0.4, 0.5) is 11.5 Å². The van der Waals surface area contributed by atoms with E-state index in [1.54, 1.807) is 6.07 Å². The molecule has 1 N–H and O–H groups in total. The number of carbonyl (C=O) groups excluding carboxylic acids is 1. The smallest absolute Gasteiger partial charge is 0.257 e. The van der Waals surface area contributed by atoms with Crippen LogP contribution in [0.15, 0.2) is 30.5 Å². The van der Waals surface area contributed by atoms with Crippen LogP contribution in [0.25, 0.3) is 0 Å². The Balaban J connectivity index is 1.61. The van der Waals surface area contributed by atoms with Crippen LogP contribution in [0.5, 0.6) is 0 Å². The molecule has 1 aliphatic heterocycles. The topological polar surface area (TPSA) is 79.4 Å². The molecule has 0 unspecified atom stereocenters. The molecule has 2 aliphatic rings. The summed E-state index contributed by atoms with van der Waals surface area (Å²) in [6.45, 7) is 0.344. The van der Waals surface area contributed by atoms with Gasteiger partial charge < -0.3 is 5.32 Å². The van der Waals surface area contributed by atoms with E-state index in [1.807, 2.05) is 12.1 Å². The van der Waals surface area contributed by atoms with Gasteiger partial charge in [0.15, 0.2) is 0 Å². The van der Waals surface area contributed by atoms with Gasteiger partial charge in [0.25, 0.3) is 5.91 Å². The molecule has 0 radical (unpaired) electrons. The van der Waals surface area contributed by atoms with Gasteiger partial charge in [-0.05, 0) is 55.0 Å². The number of nitrogens with zero attached hydrogens (tertiary/aromatic N) is 2. The summed E-state index contributed by atoms with van der Waals surface area (Å²) in [4.78, 5) is 16.8. The summed E-state index contributed by atoms with van der Waals surface area (Å²) in [5.74, 6) is 0.331. The first-order valence-corrected chi connectivity index (χ1v) is 11.0. The monoisotopic (exact) mass is 425 g/mol. The van der Waals surface area contributed by atoms with Crippen molar-refractivity contribution in [3.05, 3.63) is 51.6 Å². The van der Waals surface area contributed by atoms with E-state index in [9.17, 15) is 13.2 Å². The Morgan fingerprint density at radius 2 is 1.96 bits per heavy atom. The van der Waals surface area contributed by atoms with Gasteiger partial charge in [-0.2, -0.15) is 0 Å². The molecule has 0 spiro atoms. The van der Waals surface area contributed by atoms with E-state index < -0.39 is 15.9 Å². The second-order valence-electron chi connectivity index (χ2n) is 6.77. The minimum absolute atomic E-state index is 0.0747. The van der Waals surface area contributed by atoms with Gasteiger partial charge in [-0.25, -0.2) is 13.4 Å².